The van der Waals surface area contributed by atoms with Crippen LogP contribution in [0.4, 0.5) is 0 Å². The zero-order valence-corrected chi connectivity index (χ0v) is 12.5. The van der Waals surface area contributed by atoms with Crippen LogP contribution in [0.3, 0.4) is 0 Å². The molecule has 2 N–H and O–H groups in total. The SMILES string of the molecule is CCC(C)[C@H](N)C(=O)N(Cc1ccco1)Cc1ccco1. The molecule has 0 saturated carbocycles. The first-order valence-corrected chi connectivity index (χ1v) is 7.21. The molecular formula is C16H22N2O3. The molecule has 1 amide bonds. The molecular weight excluding hydrogens is 268 g/mol. The second-order valence-electron chi connectivity index (χ2n) is 5.26. The summed E-state index contributed by atoms with van der Waals surface area (Å²) in [6.07, 6.45) is 4.06. The van der Waals surface area contributed by atoms with Gasteiger partial charge in [0.05, 0.1) is 31.7 Å². The number of furan rings is 2. The monoisotopic (exact) mass is 290 g/mol. The van der Waals surface area contributed by atoms with Gasteiger partial charge in [-0.3, -0.25) is 4.79 Å². The second kappa shape index (κ2) is 7.13. The summed E-state index contributed by atoms with van der Waals surface area (Å²) in [6, 6.07) is 6.78. The van der Waals surface area contributed by atoms with Crippen LogP contribution >= 0.6 is 0 Å². The van der Waals surface area contributed by atoms with E-state index in [1.165, 1.54) is 0 Å². The molecule has 5 heteroatoms. The molecule has 0 spiro atoms. The molecule has 0 aliphatic carbocycles. The lowest BCUT2D eigenvalue weighted by Crippen LogP contribution is -2.46. The van der Waals surface area contributed by atoms with Crippen LogP contribution in [-0.2, 0) is 17.9 Å². The number of nitrogens with two attached hydrogens (primary N) is 1. The van der Waals surface area contributed by atoms with Gasteiger partial charge in [-0.2, -0.15) is 0 Å². The lowest BCUT2D eigenvalue weighted by atomic mass is 9.99. The van der Waals surface area contributed by atoms with Gasteiger partial charge in [-0.25, -0.2) is 0 Å². The lowest BCUT2D eigenvalue weighted by molar-refractivity contribution is -0.135. The summed E-state index contributed by atoms with van der Waals surface area (Å²) in [6.45, 7) is 4.79. The summed E-state index contributed by atoms with van der Waals surface area (Å²) in [7, 11) is 0. The molecule has 2 aromatic heterocycles. The minimum absolute atomic E-state index is 0.0860. The second-order valence-corrected chi connectivity index (χ2v) is 5.26. The van der Waals surface area contributed by atoms with E-state index < -0.39 is 6.04 Å². The Balaban J connectivity index is 2.12. The zero-order chi connectivity index (χ0) is 15.2. The smallest absolute Gasteiger partial charge is 0.240 e. The Morgan fingerprint density at radius 2 is 1.71 bits per heavy atom. The summed E-state index contributed by atoms with van der Waals surface area (Å²) >= 11 is 0. The fourth-order valence-corrected chi connectivity index (χ4v) is 2.10. The number of hydrogen-bond acceptors (Lipinski definition) is 4. The molecule has 21 heavy (non-hydrogen) atoms. The van der Waals surface area contributed by atoms with Gasteiger partial charge in [-0.1, -0.05) is 20.3 Å². The van der Waals surface area contributed by atoms with E-state index in [1.54, 1.807) is 29.6 Å². The quantitative estimate of drug-likeness (QED) is 0.851. The van der Waals surface area contributed by atoms with Crippen LogP contribution in [0.2, 0.25) is 0 Å². The lowest BCUT2D eigenvalue weighted by Gasteiger charge is -2.26. The summed E-state index contributed by atoms with van der Waals surface area (Å²) in [5.41, 5.74) is 6.08. The van der Waals surface area contributed by atoms with Gasteiger partial charge in [-0.15, -0.1) is 0 Å². The molecule has 0 saturated heterocycles. The minimum Gasteiger partial charge on any atom is -0.467 e. The third-order valence-corrected chi connectivity index (χ3v) is 3.71. The van der Waals surface area contributed by atoms with E-state index in [4.69, 9.17) is 14.6 Å². The highest BCUT2D eigenvalue weighted by Gasteiger charge is 2.26. The number of nitrogens with zero attached hydrogens (tertiary/aromatic N) is 1. The van der Waals surface area contributed by atoms with Crippen molar-refractivity contribution < 1.29 is 13.6 Å². The molecule has 0 aliphatic rings. The Morgan fingerprint density at radius 1 is 1.19 bits per heavy atom. The van der Waals surface area contributed by atoms with E-state index in [0.29, 0.717) is 13.1 Å². The minimum atomic E-state index is -0.514. The molecule has 2 aromatic rings. The van der Waals surface area contributed by atoms with E-state index in [2.05, 4.69) is 0 Å². The van der Waals surface area contributed by atoms with Crippen molar-refractivity contribution in [3.63, 3.8) is 0 Å². The van der Waals surface area contributed by atoms with Gasteiger partial charge in [-0.05, 0) is 30.2 Å². The van der Waals surface area contributed by atoms with Crippen LogP contribution in [0.25, 0.3) is 0 Å². The molecule has 0 fully saturated rings. The van der Waals surface area contributed by atoms with Crippen molar-refractivity contribution in [3.8, 4) is 0 Å². The van der Waals surface area contributed by atoms with Gasteiger partial charge in [0.15, 0.2) is 0 Å². The van der Waals surface area contributed by atoms with E-state index in [9.17, 15) is 4.79 Å². The molecule has 0 bridgehead atoms. The highest BCUT2D eigenvalue weighted by atomic mass is 16.3. The van der Waals surface area contributed by atoms with Crippen LogP contribution in [-0.4, -0.2) is 16.8 Å². The molecule has 0 radical (unpaired) electrons. The fraction of sp³-hybridized carbons (Fsp3) is 0.438. The average Bonchev–Trinajstić information content (AvgIpc) is 3.17. The summed E-state index contributed by atoms with van der Waals surface area (Å²) in [4.78, 5) is 14.3. The van der Waals surface area contributed by atoms with Gasteiger partial charge in [0, 0.05) is 0 Å². The van der Waals surface area contributed by atoms with Gasteiger partial charge >= 0.3 is 0 Å². The van der Waals surface area contributed by atoms with Crippen molar-refractivity contribution >= 4 is 5.91 Å². The van der Waals surface area contributed by atoms with Crippen molar-refractivity contribution in [2.45, 2.75) is 39.4 Å². The molecule has 5 nitrogen and oxygen atoms in total. The maximum Gasteiger partial charge on any atom is 0.240 e. The maximum absolute atomic E-state index is 12.6. The number of rotatable bonds is 7. The van der Waals surface area contributed by atoms with E-state index >= 15 is 0 Å². The first kappa shape index (κ1) is 15.4. The first-order valence-electron chi connectivity index (χ1n) is 7.21. The van der Waals surface area contributed by atoms with Gasteiger partial charge in [0.25, 0.3) is 0 Å². The number of amides is 1. The van der Waals surface area contributed by atoms with Crippen molar-refractivity contribution in [1.82, 2.24) is 4.90 Å². The topological polar surface area (TPSA) is 72.6 Å². The highest BCUT2D eigenvalue weighted by Crippen LogP contribution is 2.15. The van der Waals surface area contributed by atoms with Crippen LogP contribution in [0, 0.1) is 5.92 Å². The van der Waals surface area contributed by atoms with E-state index in [-0.39, 0.29) is 11.8 Å². The van der Waals surface area contributed by atoms with Crippen molar-refractivity contribution in [3.05, 3.63) is 48.3 Å². The molecule has 114 valence electrons. The summed E-state index contributed by atoms with van der Waals surface area (Å²) < 4.78 is 10.7. The standard InChI is InChI=1S/C16H22N2O3/c1-3-12(2)15(17)16(19)18(10-13-6-4-8-20-13)11-14-7-5-9-21-14/h4-9,12,15H,3,10-11,17H2,1-2H3/t12?,15-/m0/s1. The van der Waals surface area contributed by atoms with E-state index in [0.717, 1.165) is 17.9 Å². The van der Waals surface area contributed by atoms with Gasteiger partial charge < -0.3 is 19.5 Å². The average molecular weight is 290 g/mol. The van der Waals surface area contributed by atoms with Crippen LogP contribution < -0.4 is 5.73 Å². The van der Waals surface area contributed by atoms with Crippen molar-refractivity contribution in [2.24, 2.45) is 11.7 Å². The predicted molar refractivity (Wildman–Crippen MR) is 79.1 cm³/mol. The van der Waals surface area contributed by atoms with Crippen LogP contribution in [0.1, 0.15) is 31.8 Å². The van der Waals surface area contributed by atoms with Gasteiger partial charge in [0.2, 0.25) is 5.91 Å². The Labute approximate surface area is 124 Å². The highest BCUT2D eigenvalue weighted by molar-refractivity contribution is 5.81. The van der Waals surface area contributed by atoms with Crippen molar-refractivity contribution in [2.75, 3.05) is 0 Å². The summed E-state index contributed by atoms with van der Waals surface area (Å²) in [5, 5.41) is 0. The van der Waals surface area contributed by atoms with Crippen LogP contribution in [0.5, 0.6) is 0 Å². The predicted octanol–water partition coefficient (Wildman–Crippen LogP) is 2.77. The van der Waals surface area contributed by atoms with E-state index in [1.807, 2.05) is 26.0 Å². The van der Waals surface area contributed by atoms with Gasteiger partial charge in [0.1, 0.15) is 11.5 Å². The largest absolute Gasteiger partial charge is 0.467 e. The Kier molecular flexibility index (Phi) is 5.22. The Bertz CT molecular complexity index is 498. The molecule has 0 aromatic carbocycles. The van der Waals surface area contributed by atoms with Crippen molar-refractivity contribution in [1.29, 1.82) is 0 Å². The molecule has 2 rings (SSSR count). The third-order valence-electron chi connectivity index (χ3n) is 3.71. The number of carbonyl (C=O) groups is 1. The first-order chi connectivity index (χ1) is 10.1. The zero-order valence-electron chi connectivity index (χ0n) is 12.5. The fourth-order valence-electron chi connectivity index (χ4n) is 2.10. The maximum atomic E-state index is 12.6. The number of carbonyl (C=O) groups excluding carboxylic acids is 1. The number of hydrogen-bond donors (Lipinski definition) is 1. The Morgan fingerprint density at radius 3 is 2.10 bits per heavy atom. The summed E-state index contributed by atoms with van der Waals surface area (Å²) in [5.74, 6) is 1.50. The normalized spacial score (nSPS) is 13.9. The molecule has 2 atom stereocenters. The molecule has 0 aliphatic heterocycles. The van der Waals surface area contributed by atoms with Crippen LogP contribution in [0.15, 0.2) is 45.6 Å². The Hall–Kier alpha value is -2.01. The molecule has 1 unspecified atom stereocenters. The third kappa shape index (κ3) is 3.98. The molecule has 2 heterocycles.